The topological polar surface area (TPSA) is 32.3 Å². The van der Waals surface area contributed by atoms with E-state index in [1.807, 2.05) is 24.3 Å². The molecule has 1 aliphatic heterocycles. The lowest BCUT2D eigenvalue weighted by Crippen LogP contribution is -2.44. The predicted octanol–water partition coefficient (Wildman–Crippen LogP) is 3.06. The van der Waals surface area contributed by atoms with Gasteiger partial charge < -0.3 is 10.4 Å². The number of rotatable bonds is 2. The van der Waals surface area contributed by atoms with Crippen molar-refractivity contribution in [3.05, 3.63) is 70.8 Å². The summed E-state index contributed by atoms with van der Waals surface area (Å²) in [6, 6.07) is 11.2. The number of benzene rings is 2. The summed E-state index contributed by atoms with van der Waals surface area (Å²) in [4.78, 5) is 0. The van der Waals surface area contributed by atoms with E-state index in [4.69, 9.17) is 0 Å². The van der Waals surface area contributed by atoms with Crippen LogP contribution in [0.2, 0.25) is 0 Å². The van der Waals surface area contributed by atoms with E-state index in [-0.39, 0.29) is 5.56 Å². The van der Waals surface area contributed by atoms with Gasteiger partial charge in [-0.05, 0) is 37.1 Å². The molecule has 4 heteroatoms. The normalized spacial score (nSPS) is 20.7. The van der Waals surface area contributed by atoms with Gasteiger partial charge in [-0.3, -0.25) is 0 Å². The molecule has 0 aromatic heterocycles. The second-order valence-electron chi connectivity index (χ2n) is 5.58. The fraction of sp³-hybridized carbons (Fsp3) is 0.294. The van der Waals surface area contributed by atoms with Gasteiger partial charge in [0.2, 0.25) is 0 Å². The van der Waals surface area contributed by atoms with Crippen molar-refractivity contribution in [3.8, 4) is 0 Å². The Balaban J connectivity index is 2.09. The first-order valence-electron chi connectivity index (χ1n) is 7.00. The first-order chi connectivity index (χ1) is 10.0. The quantitative estimate of drug-likeness (QED) is 0.890. The molecule has 21 heavy (non-hydrogen) atoms. The lowest BCUT2D eigenvalue weighted by Gasteiger charge is -2.38. The molecule has 0 saturated carbocycles. The molecule has 110 valence electrons. The third-order valence-corrected chi connectivity index (χ3v) is 4.17. The van der Waals surface area contributed by atoms with Crippen molar-refractivity contribution < 1.29 is 13.9 Å². The third kappa shape index (κ3) is 2.34. The maximum atomic E-state index is 14.1. The minimum Gasteiger partial charge on any atom is -0.383 e. The van der Waals surface area contributed by atoms with Crippen LogP contribution in [0.5, 0.6) is 0 Å². The summed E-state index contributed by atoms with van der Waals surface area (Å²) in [7, 11) is 0. The van der Waals surface area contributed by atoms with Crippen molar-refractivity contribution in [2.45, 2.75) is 25.0 Å². The van der Waals surface area contributed by atoms with Gasteiger partial charge in [0.05, 0.1) is 6.04 Å². The Morgan fingerprint density at radius 3 is 2.71 bits per heavy atom. The highest BCUT2D eigenvalue weighted by Gasteiger charge is 2.39. The zero-order chi connectivity index (χ0) is 15.0. The largest absolute Gasteiger partial charge is 0.383 e. The molecular formula is C17H17F2NO. The minimum absolute atomic E-state index is 0.0308. The smallest absolute Gasteiger partial charge is 0.164 e. The van der Waals surface area contributed by atoms with Gasteiger partial charge in [-0.25, -0.2) is 8.78 Å². The van der Waals surface area contributed by atoms with E-state index >= 15 is 0 Å². The predicted molar refractivity (Wildman–Crippen MR) is 76.8 cm³/mol. The third-order valence-electron chi connectivity index (χ3n) is 4.17. The SMILES string of the molecule is CC(O)(c1cccc(F)c1F)C1NCCc2ccccc21. The number of hydrogen-bond acceptors (Lipinski definition) is 2. The Labute approximate surface area is 122 Å². The Hall–Kier alpha value is -1.78. The Morgan fingerprint density at radius 1 is 1.14 bits per heavy atom. The van der Waals surface area contributed by atoms with Gasteiger partial charge in [0.1, 0.15) is 5.60 Å². The second-order valence-corrected chi connectivity index (χ2v) is 5.58. The summed E-state index contributed by atoms with van der Waals surface area (Å²) in [5.74, 6) is -1.94. The zero-order valence-corrected chi connectivity index (χ0v) is 11.7. The van der Waals surface area contributed by atoms with Crippen molar-refractivity contribution in [2.75, 3.05) is 6.54 Å². The van der Waals surface area contributed by atoms with Crippen LogP contribution >= 0.6 is 0 Å². The maximum absolute atomic E-state index is 14.1. The highest BCUT2D eigenvalue weighted by atomic mass is 19.2. The first kappa shape index (κ1) is 14.2. The van der Waals surface area contributed by atoms with Gasteiger partial charge in [-0.15, -0.1) is 0 Å². The molecule has 0 radical (unpaired) electrons. The van der Waals surface area contributed by atoms with Gasteiger partial charge in [-0.2, -0.15) is 0 Å². The molecule has 2 N–H and O–H groups in total. The van der Waals surface area contributed by atoms with E-state index in [1.54, 1.807) is 0 Å². The van der Waals surface area contributed by atoms with Crippen LogP contribution in [0.25, 0.3) is 0 Å². The van der Waals surface area contributed by atoms with Gasteiger partial charge >= 0.3 is 0 Å². The Bertz CT molecular complexity index is 670. The maximum Gasteiger partial charge on any atom is 0.164 e. The van der Waals surface area contributed by atoms with E-state index in [2.05, 4.69) is 5.32 Å². The van der Waals surface area contributed by atoms with E-state index in [1.165, 1.54) is 19.1 Å². The van der Waals surface area contributed by atoms with Gasteiger partial charge in [0, 0.05) is 5.56 Å². The number of fused-ring (bicyclic) bond motifs is 1. The molecule has 1 heterocycles. The Kier molecular flexibility index (Phi) is 3.51. The lowest BCUT2D eigenvalue weighted by atomic mass is 9.80. The summed E-state index contributed by atoms with van der Waals surface area (Å²) >= 11 is 0. The average Bonchev–Trinajstić information content (AvgIpc) is 2.49. The van der Waals surface area contributed by atoms with Crippen molar-refractivity contribution in [2.24, 2.45) is 0 Å². The molecule has 3 rings (SSSR count). The molecule has 0 aliphatic carbocycles. The fourth-order valence-electron chi connectivity index (χ4n) is 3.06. The van der Waals surface area contributed by atoms with Crippen LogP contribution < -0.4 is 5.32 Å². The number of aliphatic hydroxyl groups is 1. The molecular weight excluding hydrogens is 272 g/mol. The van der Waals surface area contributed by atoms with Crippen LogP contribution in [-0.2, 0) is 12.0 Å². The minimum atomic E-state index is -1.54. The molecule has 0 bridgehead atoms. The summed E-state index contributed by atoms with van der Waals surface area (Å²) in [5, 5.41) is 14.1. The number of halogens is 2. The van der Waals surface area contributed by atoms with Crippen LogP contribution in [-0.4, -0.2) is 11.7 Å². The van der Waals surface area contributed by atoms with E-state index in [9.17, 15) is 13.9 Å². The standard InChI is InChI=1S/C17H17F2NO/c1-17(21,13-7-4-8-14(18)15(13)19)16-12-6-3-2-5-11(12)9-10-20-16/h2-8,16,20-21H,9-10H2,1H3. The summed E-state index contributed by atoms with van der Waals surface area (Å²) in [6.45, 7) is 2.21. The summed E-state index contributed by atoms with van der Waals surface area (Å²) in [6.07, 6.45) is 0.856. The molecule has 0 amide bonds. The lowest BCUT2D eigenvalue weighted by molar-refractivity contribution is 0.00803. The van der Waals surface area contributed by atoms with Crippen LogP contribution in [0.1, 0.15) is 29.7 Å². The molecule has 0 saturated heterocycles. The molecule has 1 aliphatic rings. The first-order valence-corrected chi connectivity index (χ1v) is 7.00. The molecule has 2 atom stereocenters. The van der Waals surface area contributed by atoms with Crippen molar-refractivity contribution in [1.29, 1.82) is 0 Å². The van der Waals surface area contributed by atoms with Gasteiger partial charge in [0.15, 0.2) is 11.6 Å². The molecule has 2 unspecified atom stereocenters. The Morgan fingerprint density at radius 2 is 1.90 bits per heavy atom. The molecule has 2 aromatic carbocycles. The van der Waals surface area contributed by atoms with Crippen molar-refractivity contribution in [1.82, 2.24) is 5.32 Å². The van der Waals surface area contributed by atoms with Gasteiger partial charge in [0.25, 0.3) is 0 Å². The van der Waals surface area contributed by atoms with E-state index < -0.39 is 23.3 Å². The molecule has 2 aromatic rings. The highest BCUT2D eigenvalue weighted by Crippen LogP contribution is 2.39. The van der Waals surface area contributed by atoms with Crippen LogP contribution in [0.15, 0.2) is 42.5 Å². The van der Waals surface area contributed by atoms with Crippen molar-refractivity contribution in [3.63, 3.8) is 0 Å². The highest BCUT2D eigenvalue weighted by molar-refractivity contribution is 5.37. The van der Waals surface area contributed by atoms with E-state index in [0.717, 1.165) is 23.6 Å². The molecule has 0 spiro atoms. The zero-order valence-electron chi connectivity index (χ0n) is 11.7. The number of nitrogens with one attached hydrogen (secondary N) is 1. The monoisotopic (exact) mass is 289 g/mol. The van der Waals surface area contributed by atoms with Crippen molar-refractivity contribution >= 4 is 0 Å². The number of hydrogen-bond donors (Lipinski definition) is 2. The second kappa shape index (κ2) is 5.20. The van der Waals surface area contributed by atoms with E-state index in [0.29, 0.717) is 6.54 Å². The molecule has 2 nitrogen and oxygen atoms in total. The summed E-state index contributed by atoms with van der Waals surface area (Å²) in [5.41, 5.74) is 0.482. The van der Waals surface area contributed by atoms with Gasteiger partial charge in [-0.1, -0.05) is 36.4 Å². The average molecular weight is 289 g/mol. The van der Waals surface area contributed by atoms with Crippen LogP contribution in [0.3, 0.4) is 0 Å². The summed E-state index contributed by atoms with van der Waals surface area (Å²) < 4.78 is 27.5. The van der Waals surface area contributed by atoms with Crippen LogP contribution in [0, 0.1) is 11.6 Å². The van der Waals surface area contributed by atoms with Crippen LogP contribution in [0.4, 0.5) is 8.78 Å². The molecule has 0 fully saturated rings. The fourth-order valence-corrected chi connectivity index (χ4v) is 3.06.